The van der Waals surface area contributed by atoms with Crippen LogP contribution in [0.25, 0.3) is 0 Å². The first-order valence-electron chi connectivity index (χ1n) is 17.4. The van der Waals surface area contributed by atoms with Gasteiger partial charge < -0.3 is 7.38 Å². The summed E-state index contributed by atoms with van der Waals surface area (Å²) in [6.07, 6.45) is 27.7. The Morgan fingerprint density at radius 3 is 1.27 bits per heavy atom. The Bertz CT molecular complexity index is 587. The zero-order valence-corrected chi connectivity index (χ0v) is 30.5. The van der Waals surface area contributed by atoms with E-state index in [0.29, 0.717) is 25.0 Å². The van der Waals surface area contributed by atoms with Gasteiger partial charge in [-0.1, -0.05) is 163 Å². The van der Waals surface area contributed by atoms with Gasteiger partial charge >= 0.3 is 36.8 Å². The van der Waals surface area contributed by atoms with Crippen molar-refractivity contribution >= 4 is 36.8 Å². The van der Waals surface area contributed by atoms with Gasteiger partial charge in [-0.25, -0.2) is 4.57 Å². The number of carbonyl (C=O) groups is 1. The molecule has 0 saturated heterocycles. The van der Waals surface area contributed by atoms with E-state index in [1.165, 1.54) is 89.9 Å². The van der Waals surface area contributed by atoms with Crippen molar-refractivity contribution in [3.05, 3.63) is 0 Å². The molecule has 0 aliphatic heterocycles. The number of unbranched alkanes of at least 4 members (excludes halogenated alkanes) is 18. The maximum Gasteiger partial charge on any atom is 2.00 e. The normalized spacial score (nSPS) is 11.8. The molecule has 5 nitrogen and oxygen atoms in total. The van der Waals surface area contributed by atoms with Crippen LogP contribution in [0.1, 0.15) is 192 Å². The first-order chi connectivity index (χ1) is 19.3. The smallest absolute Gasteiger partial charge is 1.00 e. The van der Waals surface area contributed by atoms with Crippen LogP contribution in [-0.4, -0.2) is 42.2 Å². The second kappa shape index (κ2) is 31.8. The maximum atomic E-state index is 13.2. The summed E-state index contributed by atoms with van der Waals surface area (Å²) in [5.74, 6) is 0.913. The zero-order valence-electron chi connectivity index (χ0n) is 30.2. The number of rotatable bonds is 31. The Kier molecular flexibility index (Phi) is 33.8. The molecule has 0 aliphatic carbocycles. The zero-order chi connectivity index (χ0) is 29.7. The molecule has 0 unspecified atom stereocenters. The minimum atomic E-state index is -3.85. The molecule has 0 heterocycles. The molecule has 0 rings (SSSR count). The monoisotopic (exact) mass is 614 g/mol. The van der Waals surface area contributed by atoms with Gasteiger partial charge in [0.2, 0.25) is 0 Å². The van der Waals surface area contributed by atoms with Crippen LogP contribution in [0.15, 0.2) is 0 Å². The molecule has 0 aromatic carbocycles. The summed E-state index contributed by atoms with van der Waals surface area (Å²) < 4.78 is 29.6. The standard InChI is InChI=1S/C34H69O5P.Mg.2H/c1-6-7-8-9-10-11-12-13-14-15-16-17-18-19-24-29-34(35)39-40(36,37-30-25-20-22-27-32(2)3)38-31-26-21-23-28-33(4)5;;;/h32-33H,6-31H2,1-5H3;;;/q;+2;2*-1. The summed E-state index contributed by atoms with van der Waals surface area (Å²) in [6, 6.07) is 0. The van der Waals surface area contributed by atoms with Crippen LogP contribution >= 0.6 is 7.82 Å². The molecule has 0 amide bonds. The van der Waals surface area contributed by atoms with Gasteiger partial charge in [-0.15, -0.1) is 0 Å². The van der Waals surface area contributed by atoms with Crippen LogP contribution in [0.2, 0.25) is 0 Å². The van der Waals surface area contributed by atoms with Crippen LogP contribution in [-0.2, 0) is 22.9 Å². The van der Waals surface area contributed by atoms with E-state index in [-0.39, 0.29) is 32.3 Å². The van der Waals surface area contributed by atoms with Gasteiger partial charge in [0, 0.05) is 6.42 Å². The van der Waals surface area contributed by atoms with E-state index in [1.807, 2.05) is 0 Å². The van der Waals surface area contributed by atoms with E-state index in [9.17, 15) is 9.36 Å². The Morgan fingerprint density at radius 2 is 0.902 bits per heavy atom. The van der Waals surface area contributed by atoms with E-state index in [1.54, 1.807) is 0 Å². The molecule has 0 spiro atoms. The fraction of sp³-hybridized carbons (Fsp3) is 0.971. The van der Waals surface area contributed by atoms with Gasteiger partial charge in [0.05, 0.1) is 13.2 Å². The van der Waals surface area contributed by atoms with Crippen molar-refractivity contribution in [1.82, 2.24) is 0 Å². The van der Waals surface area contributed by atoms with Crippen LogP contribution < -0.4 is 0 Å². The molecule has 0 saturated carbocycles. The molecule has 0 bridgehead atoms. The Balaban J connectivity index is -0.00000253. The van der Waals surface area contributed by atoms with Crippen LogP contribution in [0.4, 0.5) is 0 Å². The summed E-state index contributed by atoms with van der Waals surface area (Å²) in [7, 11) is -3.85. The average molecular weight is 615 g/mol. The molecule has 0 radical (unpaired) electrons. The number of phosphoric acid groups is 1. The Morgan fingerprint density at radius 1 is 0.561 bits per heavy atom. The predicted molar refractivity (Wildman–Crippen MR) is 180 cm³/mol. The quantitative estimate of drug-likeness (QED) is 0.0441. The minimum Gasteiger partial charge on any atom is -1.00 e. The first kappa shape index (κ1) is 43.5. The van der Waals surface area contributed by atoms with E-state index in [0.717, 1.165) is 57.8 Å². The van der Waals surface area contributed by atoms with E-state index < -0.39 is 13.8 Å². The van der Waals surface area contributed by atoms with E-state index in [2.05, 4.69) is 34.6 Å². The topological polar surface area (TPSA) is 61.8 Å². The molecule has 244 valence electrons. The maximum absolute atomic E-state index is 13.2. The molecular formula is C34H71MgO5P. The molecule has 7 heteroatoms. The van der Waals surface area contributed by atoms with Gasteiger partial charge in [0.25, 0.3) is 0 Å². The van der Waals surface area contributed by atoms with Gasteiger partial charge in [-0.3, -0.25) is 13.8 Å². The Hall–Kier alpha value is 0.386. The predicted octanol–water partition coefficient (Wildman–Crippen LogP) is 12.2. The molecule has 0 fully saturated rings. The molecule has 41 heavy (non-hydrogen) atoms. The number of hydrogen-bond acceptors (Lipinski definition) is 5. The van der Waals surface area contributed by atoms with E-state index in [4.69, 9.17) is 13.6 Å². The van der Waals surface area contributed by atoms with Crippen molar-refractivity contribution < 1.29 is 25.8 Å². The van der Waals surface area contributed by atoms with Gasteiger partial charge in [0.15, 0.2) is 0 Å². The minimum absolute atomic E-state index is 0. The van der Waals surface area contributed by atoms with Crippen molar-refractivity contribution in [2.24, 2.45) is 11.8 Å². The van der Waals surface area contributed by atoms with Crippen molar-refractivity contribution in [2.45, 2.75) is 189 Å². The summed E-state index contributed by atoms with van der Waals surface area (Å²) in [4.78, 5) is 12.5. The summed E-state index contributed by atoms with van der Waals surface area (Å²) in [6.45, 7) is 11.8. The largest absolute Gasteiger partial charge is 2.00 e. The molecular weight excluding hydrogens is 544 g/mol. The van der Waals surface area contributed by atoms with Crippen molar-refractivity contribution in [3.8, 4) is 0 Å². The van der Waals surface area contributed by atoms with E-state index >= 15 is 0 Å². The molecule has 0 atom stereocenters. The van der Waals surface area contributed by atoms with Crippen LogP contribution in [0.5, 0.6) is 0 Å². The van der Waals surface area contributed by atoms with Gasteiger partial charge in [-0.2, -0.15) is 0 Å². The third-order valence-electron chi connectivity index (χ3n) is 7.55. The fourth-order valence-electron chi connectivity index (χ4n) is 4.92. The molecule has 0 aromatic heterocycles. The van der Waals surface area contributed by atoms with Gasteiger partial charge in [0.1, 0.15) is 0 Å². The van der Waals surface area contributed by atoms with Crippen LogP contribution in [0, 0.1) is 11.8 Å². The van der Waals surface area contributed by atoms with Crippen molar-refractivity contribution in [1.29, 1.82) is 0 Å². The fourth-order valence-corrected chi connectivity index (χ4v) is 6.14. The van der Waals surface area contributed by atoms with Gasteiger partial charge in [-0.05, 0) is 31.1 Å². The number of hydrogen-bond donors (Lipinski definition) is 0. The summed E-state index contributed by atoms with van der Waals surface area (Å²) in [5.41, 5.74) is 0. The SMILES string of the molecule is CCCCCCCCCCCCCCCCCC(=O)OP(=O)(OCCCCCC(C)C)OCCCCCC(C)C.[H-].[H-].[Mg+2]. The first-order valence-corrected chi connectivity index (χ1v) is 18.9. The summed E-state index contributed by atoms with van der Waals surface area (Å²) in [5, 5.41) is 0. The number of phosphoric ester groups is 1. The third-order valence-corrected chi connectivity index (χ3v) is 8.97. The third kappa shape index (κ3) is 33.1. The average Bonchev–Trinajstić information content (AvgIpc) is 2.90. The molecule has 0 aromatic rings. The van der Waals surface area contributed by atoms with Crippen molar-refractivity contribution in [2.75, 3.05) is 13.2 Å². The molecule has 0 N–H and O–H groups in total. The Labute approximate surface area is 275 Å². The van der Waals surface area contributed by atoms with Crippen molar-refractivity contribution in [3.63, 3.8) is 0 Å². The second-order valence-corrected chi connectivity index (χ2v) is 14.4. The number of carbonyl (C=O) groups excluding carboxylic acids is 1. The molecule has 0 aliphatic rings. The van der Waals surface area contributed by atoms with Crippen LogP contribution in [0.3, 0.4) is 0 Å². The second-order valence-electron chi connectivity index (χ2n) is 12.8. The summed E-state index contributed by atoms with van der Waals surface area (Å²) >= 11 is 0.